The number of hydrogen-bond acceptors (Lipinski definition) is 5. The van der Waals surface area contributed by atoms with E-state index in [0.29, 0.717) is 34.1 Å². The van der Waals surface area contributed by atoms with Crippen LogP contribution in [-0.4, -0.2) is 34.2 Å². The third kappa shape index (κ3) is 2.83. The molecule has 2 aromatic carbocycles. The Kier molecular flexibility index (Phi) is 4.88. The molecule has 0 N–H and O–H groups in total. The quantitative estimate of drug-likeness (QED) is 0.768. The van der Waals surface area contributed by atoms with Crippen molar-refractivity contribution in [2.75, 3.05) is 28.4 Å². The summed E-state index contributed by atoms with van der Waals surface area (Å²) in [5, 5.41) is 0. The molecule has 0 unspecified atom stereocenters. The monoisotopic (exact) mass is 302 g/mol. The number of hydrogen-bond donors (Lipinski definition) is 0. The molecule has 0 radical (unpaired) electrons. The molecule has 0 aromatic heterocycles. The molecule has 0 aliphatic heterocycles. The van der Waals surface area contributed by atoms with Gasteiger partial charge in [0.25, 0.3) is 0 Å². The summed E-state index contributed by atoms with van der Waals surface area (Å²) in [6.45, 7) is 0. The van der Waals surface area contributed by atoms with Gasteiger partial charge in [-0.15, -0.1) is 0 Å². The summed E-state index contributed by atoms with van der Waals surface area (Å²) in [5.74, 6) is 1.79. The van der Waals surface area contributed by atoms with E-state index in [4.69, 9.17) is 18.9 Å². The molecule has 0 fully saturated rings. The Balaban J connectivity index is 2.48. The summed E-state index contributed by atoms with van der Waals surface area (Å²) in [4.78, 5) is 12.7. The van der Waals surface area contributed by atoms with Crippen molar-refractivity contribution in [3.8, 4) is 23.0 Å². The van der Waals surface area contributed by atoms with Gasteiger partial charge < -0.3 is 18.9 Å². The maximum atomic E-state index is 12.7. The van der Waals surface area contributed by atoms with Crippen LogP contribution in [0.4, 0.5) is 0 Å². The standard InChI is InChI=1S/C17H18O5/c1-19-13-9-8-11(10-15(13)21-3)16(18)12-6-5-7-14(20-2)17(12)22-4/h5-10H,1-4H3. The first-order valence-corrected chi connectivity index (χ1v) is 6.64. The summed E-state index contributed by atoms with van der Waals surface area (Å²) in [6.07, 6.45) is 0. The highest BCUT2D eigenvalue weighted by molar-refractivity contribution is 6.11. The molecule has 0 spiro atoms. The van der Waals surface area contributed by atoms with E-state index >= 15 is 0 Å². The van der Waals surface area contributed by atoms with E-state index in [0.717, 1.165) is 0 Å². The van der Waals surface area contributed by atoms with Crippen molar-refractivity contribution in [3.63, 3.8) is 0 Å². The zero-order valence-corrected chi connectivity index (χ0v) is 13.0. The third-order valence-corrected chi connectivity index (χ3v) is 3.29. The summed E-state index contributed by atoms with van der Waals surface area (Å²) >= 11 is 0. The number of para-hydroxylation sites is 1. The first-order chi connectivity index (χ1) is 10.7. The molecule has 0 heterocycles. The molecule has 0 atom stereocenters. The van der Waals surface area contributed by atoms with Crippen LogP contribution in [0.15, 0.2) is 36.4 Å². The largest absolute Gasteiger partial charge is 0.493 e. The lowest BCUT2D eigenvalue weighted by molar-refractivity contribution is 0.103. The molecule has 0 aliphatic rings. The summed E-state index contributed by atoms with van der Waals surface area (Å²) < 4.78 is 20.9. The van der Waals surface area contributed by atoms with Gasteiger partial charge in [0.1, 0.15) is 0 Å². The number of carbonyl (C=O) groups is 1. The van der Waals surface area contributed by atoms with Crippen molar-refractivity contribution in [2.45, 2.75) is 0 Å². The van der Waals surface area contributed by atoms with Crippen molar-refractivity contribution in [1.82, 2.24) is 0 Å². The number of benzene rings is 2. The molecule has 0 amide bonds. The second kappa shape index (κ2) is 6.85. The molecule has 116 valence electrons. The minimum atomic E-state index is -0.184. The van der Waals surface area contributed by atoms with Crippen molar-refractivity contribution >= 4 is 5.78 Å². The lowest BCUT2D eigenvalue weighted by atomic mass is 10.0. The van der Waals surface area contributed by atoms with E-state index in [2.05, 4.69) is 0 Å². The van der Waals surface area contributed by atoms with E-state index in [1.54, 1.807) is 43.5 Å². The normalized spacial score (nSPS) is 10.0. The fourth-order valence-corrected chi connectivity index (χ4v) is 2.20. The van der Waals surface area contributed by atoms with Crippen LogP contribution in [0.1, 0.15) is 15.9 Å². The number of ketones is 1. The minimum Gasteiger partial charge on any atom is -0.493 e. The fraction of sp³-hybridized carbons (Fsp3) is 0.235. The van der Waals surface area contributed by atoms with Gasteiger partial charge in [-0.2, -0.15) is 0 Å². The first kappa shape index (κ1) is 15.7. The highest BCUT2D eigenvalue weighted by Crippen LogP contribution is 2.34. The first-order valence-electron chi connectivity index (χ1n) is 6.64. The van der Waals surface area contributed by atoms with Crippen molar-refractivity contribution in [1.29, 1.82) is 0 Å². The van der Waals surface area contributed by atoms with E-state index in [1.807, 2.05) is 0 Å². The third-order valence-electron chi connectivity index (χ3n) is 3.29. The molecular formula is C17H18O5. The van der Waals surface area contributed by atoms with Crippen LogP contribution in [0.5, 0.6) is 23.0 Å². The molecule has 0 saturated heterocycles. The minimum absolute atomic E-state index is 0.184. The summed E-state index contributed by atoms with van der Waals surface area (Å²) in [6, 6.07) is 10.2. The Morgan fingerprint density at radius 3 is 2.05 bits per heavy atom. The average molecular weight is 302 g/mol. The predicted molar refractivity (Wildman–Crippen MR) is 82.5 cm³/mol. The Hall–Kier alpha value is -2.69. The average Bonchev–Trinajstić information content (AvgIpc) is 2.59. The van der Waals surface area contributed by atoms with Crippen LogP contribution >= 0.6 is 0 Å². The van der Waals surface area contributed by atoms with Gasteiger partial charge in [-0.05, 0) is 30.3 Å². The topological polar surface area (TPSA) is 54.0 Å². The van der Waals surface area contributed by atoms with E-state index in [-0.39, 0.29) is 5.78 Å². The van der Waals surface area contributed by atoms with Crippen LogP contribution in [-0.2, 0) is 0 Å². The lowest BCUT2D eigenvalue weighted by Gasteiger charge is -2.13. The van der Waals surface area contributed by atoms with Crippen molar-refractivity contribution < 1.29 is 23.7 Å². The molecular weight excluding hydrogens is 284 g/mol. The Labute approximate surface area is 129 Å². The number of rotatable bonds is 6. The van der Waals surface area contributed by atoms with E-state index in [1.165, 1.54) is 21.3 Å². The van der Waals surface area contributed by atoms with E-state index < -0.39 is 0 Å². The van der Waals surface area contributed by atoms with Crippen LogP contribution in [0.25, 0.3) is 0 Å². The predicted octanol–water partition coefficient (Wildman–Crippen LogP) is 2.95. The second-order valence-electron chi connectivity index (χ2n) is 4.44. The van der Waals surface area contributed by atoms with Gasteiger partial charge in [0, 0.05) is 5.56 Å². The van der Waals surface area contributed by atoms with Crippen LogP contribution in [0, 0.1) is 0 Å². The molecule has 5 heteroatoms. The van der Waals surface area contributed by atoms with Crippen LogP contribution in [0.3, 0.4) is 0 Å². The van der Waals surface area contributed by atoms with Gasteiger partial charge in [0.05, 0.1) is 34.0 Å². The van der Waals surface area contributed by atoms with Gasteiger partial charge in [-0.3, -0.25) is 4.79 Å². The zero-order chi connectivity index (χ0) is 16.1. The molecule has 22 heavy (non-hydrogen) atoms. The van der Waals surface area contributed by atoms with Crippen LogP contribution in [0.2, 0.25) is 0 Å². The molecule has 0 saturated carbocycles. The highest BCUT2D eigenvalue weighted by atomic mass is 16.5. The van der Waals surface area contributed by atoms with Crippen LogP contribution < -0.4 is 18.9 Å². The van der Waals surface area contributed by atoms with Gasteiger partial charge in [0.15, 0.2) is 28.8 Å². The summed E-state index contributed by atoms with van der Waals surface area (Å²) in [5.41, 5.74) is 0.901. The van der Waals surface area contributed by atoms with Crippen molar-refractivity contribution in [3.05, 3.63) is 47.5 Å². The molecule has 0 aliphatic carbocycles. The van der Waals surface area contributed by atoms with E-state index in [9.17, 15) is 4.79 Å². The van der Waals surface area contributed by atoms with Gasteiger partial charge in [0.2, 0.25) is 0 Å². The lowest BCUT2D eigenvalue weighted by Crippen LogP contribution is -2.06. The second-order valence-corrected chi connectivity index (χ2v) is 4.44. The molecule has 5 nitrogen and oxygen atoms in total. The Morgan fingerprint density at radius 2 is 1.45 bits per heavy atom. The number of ether oxygens (including phenoxy) is 4. The smallest absolute Gasteiger partial charge is 0.197 e. The number of methoxy groups -OCH3 is 4. The van der Waals surface area contributed by atoms with Gasteiger partial charge in [-0.25, -0.2) is 0 Å². The Morgan fingerprint density at radius 1 is 0.773 bits per heavy atom. The highest BCUT2D eigenvalue weighted by Gasteiger charge is 2.19. The SMILES string of the molecule is COc1ccc(C(=O)c2cccc(OC)c2OC)cc1OC. The maximum Gasteiger partial charge on any atom is 0.197 e. The summed E-state index contributed by atoms with van der Waals surface area (Å²) in [7, 11) is 6.11. The van der Waals surface area contributed by atoms with Crippen molar-refractivity contribution in [2.24, 2.45) is 0 Å². The fourth-order valence-electron chi connectivity index (χ4n) is 2.20. The maximum absolute atomic E-state index is 12.7. The molecule has 2 rings (SSSR count). The molecule has 0 bridgehead atoms. The number of carbonyl (C=O) groups excluding carboxylic acids is 1. The molecule has 2 aromatic rings. The van der Waals surface area contributed by atoms with Gasteiger partial charge in [-0.1, -0.05) is 6.07 Å². The van der Waals surface area contributed by atoms with Gasteiger partial charge >= 0.3 is 0 Å². The zero-order valence-electron chi connectivity index (χ0n) is 13.0. The Bertz CT molecular complexity index is 679.